The van der Waals surface area contributed by atoms with Gasteiger partial charge in [0.2, 0.25) is 0 Å². The second-order valence-electron chi connectivity index (χ2n) is 3.08. The zero-order valence-electron chi connectivity index (χ0n) is 7.48. The molecule has 0 heterocycles. The summed E-state index contributed by atoms with van der Waals surface area (Å²) < 4.78 is 13.6. The molecular weight excluding hydrogens is 147 g/mol. The van der Waals surface area contributed by atoms with Gasteiger partial charge in [-0.1, -0.05) is 38.1 Å². The first-order chi connectivity index (χ1) is 4.54. The summed E-state index contributed by atoms with van der Waals surface area (Å²) in [5.74, 6) is 2.78. The molecule has 0 bridgehead atoms. The van der Waals surface area contributed by atoms with Crippen LogP contribution in [0.15, 0.2) is 0 Å². The van der Waals surface area contributed by atoms with Crippen LogP contribution in [-0.4, -0.2) is 17.3 Å². The fourth-order valence-electron chi connectivity index (χ4n) is 1.04. The molecule has 0 N–H and O–H groups in total. The molecular formula is C8H19FS. The summed E-state index contributed by atoms with van der Waals surface area (Å²) in [5.41, 5.74) is 0. The van der Waals surface area contributed by atoms with Crippen molar-refractivity contribution in [2.75, 3.05) is 17.3 Å². The van der Waals surface area contributed by atoms with Crippen molar-refractivity contribution in [3.8, 4) is 0 Å². The number of rotatable bonds is 4. The van der Waals surface area contributed by atoms with Crippen LogP contribution in [0.1, 0.15) is 27.7 Å². The second kappa shape index (κ2) is 4.22. The van der Waals surface area contributed by atoms with E-state index in [1.165, 1.54) is 0 Å². The average molecular weight is 166 g/mol. The monoisotopic (exact) mass is 166 g/mol. The van der Waals surface area contributed by atoms with E-state index >= 15 is 0 Å². The van der Waals surface area contributed by atoms with E-state index in [1.807, 2.05) is 13.8 Å². The Morgan fingerprint density at radius 1 is 1.20 bits per heavy atom. The maximum absolute atomic E-state index is 13.6. The Balaban J connectivity index is 3.80. The summed E-state index contributed by atoms with van der Waals surface area (Å²) in [6.07, 6.45) is 0. The second-order valence-corrected chi connectivity index (χ2v) is 6.44. The summed E-state index contributed by atoms with van der Waals surface area (Å²) in [5, 5.41) is 0. The van der Waals surface area contributed by atoms with Crippen LogP contribution in [-0.2, 0) is 0 Å². The lowest BCUT2D eigenvalue weighted by molar-refractivity contribution is 0.721. The SMILES string of the molecule is CCS(F)(CC)CC(C)C. The number of hydrogen-bond acceptors (Lipinski definition) is 0. The van der Waals surface area contributed by atoms with Crippen molar-refractivity contribution in [2.24, 2.45) is 5.92 Å². The summed E-state index contributed by atoms with van der Waals surface area (Å²) in [6.45, 7) is 8.10. The van der Waals surface area contributed by atoms with E-state index in [1.54, 1.807) is 0 Å². The van der Waals surface area contributed by atoms with E-state index in [-0.39, 0.29) is 0 Å². The molecule has 0 atom stereocenters. The normalized spacial score (nSPS) is 14.2. The fraction of sp³-hybridized carbons (Fsp3) is 1.00. The van der Waals surface area contributed by atoms with E-state index < -0.39 is 10.4 Å². The van der Waals surface area contributed by atoms with Crippen molar-refractivity contribution in [1.29, 1.82) is 0 Å². The molecule has 0 aromatic carbocycles. The van der Waals surface area contributed by atoms with Crippen molar-refractivity contribution >= 4 is 10.4 Å². The first kappa shape index (κ1) is 10.3. The standard InChI is InChI=1S/C8H19FS/c1-5-10(9,6-2)7-8(3)4/h8H,5-7H2,1-4H3. The zero-order chi connectivity index (χ0) is 8.20. The molecule has 0 aliphatic rings. The topological polar surface area (TPSA) is 0 Å². The molecule has 0 saturated heterocycles. The molecule has 10 heavy (non-hydrogen) atoms. The molecule has 0 nitrogen and oxygen atoms in total. The Hall–Kier alpha value is 0.280. The van der Waals surface area contributed by atoms with Crippen molar-refractivity contribution in [3.05, 3.63) is 0 Å². The smallest absolute Gasteiger partial charge is 0.00586 e. The maximum Gasteiger partial charge on any atom is 0.00586 e. The molecule has 0 aromatic heterocycles. The Kier molecular flexibility index (Phi) is 4.34. The zero-order valence-corrected chi connectivity index (χ0v) is 8.30. The molecule has 0 rings (SSSR count). The van der Waals surface area contributed by atoms with Gasteiger partial charge in [-0.05, 0) is 5.92 Å². The predicted octanol–water partition coefficient (Wildman–Crippen LogP) is 3.37. The minimum Gasteiger partial charge on any atom is -0.189 e. The van der Waals surface area contributed by atoms with Gasteiger partial charge < -0.3 is 0 Å². The number of hydrogen-bond donors (Lipinski definition) is 0. The van der Waals surface area contributed by atoms with Crippen molar-refractivity contribution in [1.82, 2.24) is 0 Å². The van der Waals surface area contributed by atoms with Crippen LogP contribution < -0.4 is 0 Å². The van der Waals surface area contributed by atoms with E-state index in [4.69, 9.17) is 0 Å². The van der Waals surface area contributed by atoms with Crippen LogP contribution in [0.25, 0.3) is 0 Å². The van der Waals surface area contributed by atoms with Crippen molar-refractivity contribution < 1.29 is 3.89 Å². The first-order valence-electron chi connectivity index (χ1n) is 4.00. The summed E-state index contributed by atoms with van der Waals surface area (Å²) in [4.78, 5) is 0. The third kappa shape index (κ3) is 3.45. The lowest BCUT2D eigenvalue weighted by Crippen LogP contribution is -2.09. The highest BCUT2D eigenvalue weighted by atomic mass is 32.3. The molecule has 0 unspecified atom stereocenters. The Morgan fingerprint density at radius 2 is 1.60 bits per heavy atom. The van der Waals surface area contributed by atoms with Gasteiger partial charge in [0.25, 0.3) is 0 Å². The van der Waals surface area contributed by atoms with E-state index in [9.17, 15) is 3.89 Å². The Morgan fingerprint density at radius 3 is 1.70 bits per heavy atom. The molecule has 0 saturated carbocycles. The maximum atomic E-state index is 13.6. The van der Waals surface area contributed by atoms with Crippen LogP contribution in [0.5, 0.6) is 0 Å². The third-order valence-corrected chi connectivity index (χ3v) is 5.00. The average Bonchev–Trinajstić information content (AvgIpc) is 1.87. The lowest BCUT2D eigenvalue weighted by atomic mass is 10.3. The van der Waals surface area contributed by atoms with Gasteiger partial charge in [0.1, 0.15) is 0 Å². The van der Waals surface area contributed by atoms with Crippen LogP contribution in [0, 0.1) is 5.92 Å². The van der Waals surface area contributed by atoms with Crippen LogP contribution >= 0.6 is 10.4 Å². The van der Waals surface area contributed by atoms with Gasteiger partial charge in [-0.15, -0.1) is 0 Å². The van der Waals surface area contributed by atoms with Crippen LogP contribution in [0.2, 0.25) is 0 Å². The molecule has 2 heteroatoms. The van der Waals surface area contributed by atoms with Crippen molar-refractivity contribution in [3.63, 3.8) is 0 Å². The highest BCUT2D eigenvalue weighted by Crippen LogP contribution is 2.50. The van der Waals surface area contributed by atoms with Gasteiger partial charge in [0, 0.05) is 17.3 Å². The quantitative estimate of drug-likeness (QED) is 0.600. The Labute approximate surface area is 65.8 Å². The van der Waals surface area contributed by atoms with Gasteiger partial charge in [-0.25, -0.2) is 0 Å². The van der Waals surface area contributed by atoms with Gasteiger partial charge in [0.05, 0.1) is 0 Å². The largest absolute Gasteiger partial charge is 0.189 e. The summed E-state index contributed by atoms with van der Waals surface area (Å²) in [6, 6.07) is 0. The molecule has 0 radical (unpaired) electrons. The molecule has 0 amide bonds. The molecule has 64 valence electrons. The fourth-order valence-corrected chi connectivity index (χ4v) is 3.11. The van der Waals surface area contributed by atoms with Crippen LogP contribution in [0.3, 0.4) is 0 Å². The summed E-state index contributed by atoms with van der Waals surface area (Å²) in [7, 11) is -1.71. The molecule has 0 aliphatic carbocycles. The molecule has 0 aromatic rings. The molecule has 0 fully saturated rings. The lowest BCUT2D eigenvalue weighted by Gasteiger charge is -2.29. The summed E-state index contributed by atoms with van der Waals surface area (Å²) >= 11 is 0. The third-order valence-electron chi connectivity index (χ3n) is 1.67. The van der Waals surface area contributed by atoms with Gasteiger partial charge in [0.15, 0.2) is 0 Å². The number of halogens is 1. The van der Waals surface area contributed by atoms with Crippen LogP contribution in [0.4, 0.5) is 3.89 Å². The van der Waals surface area contributed by atoms with E-state index in [0.717, 1.165) is 17.3 Å². The van der Waals surface area contributed by atoms with E-state index in [0.29, 0.717) is 5.92 Å². The minimum absolute atomic E-state index is 0.514. The van der Waals surface area contributed by atoms with Gasteiger partial charge in [-0.2, -0.15) is 3.89 Å². The first-order valence-corrected chi connectivity index (χ1v) is 6.04. The Bertz CT molecular complexity index is 87.3. The van der Waals surface area contributed by atoms with Gasteiger partial charge >= 0.3 is 0 Å². The van der Waals surface area contributed by atoms with Gasteiger partial charge in [-0.3, -0.25) is 0 Å². The highest BCUT2D eigenvalue weighted by molar-refractivity contribution is 8.29. The van der Waals surface area contributed by atoms with E-state index in [2.05, 4.69) is 13.8 Å². The predicted molar refractivity (Wildman–Crippen MR) is 49.5 cm³/mol. The molecule has 0 spiro atoms. The van der Waals surface area contributed by atoms with Crippen molar-refractivity contribution in [2.45, 2.75) is 27.7 Å². The highest BCUT2D eigenvalue weighted by Gasteiger charge is 2.19. The minimum atomic E-state index is -1.71. The molecule has 0 aliphatic heterocycles.